The Morgan fingerprint density at radius 1 is 1.17 bits per heavy atom. The van der Waals surface area contributed by atoms with Gasteiger partial charge >= 0.3 is 5.97 Å². The summed E-state index contributed by atoms with van der Waals surface area (Å²) in [7, 11) is 1.48. The molecule has 0 aromatic heterocycles. The van der Waals surface area contributed by atoms with E-state index in [-0.39, 0.29) is 30.1 Å². The SMILES string of the molecule is COCC(C)(CC(=O)O)NC(=O)CSc1ccc(C(C)(C)C)cc1. The van der Waals surface area contributed by atoms with Crippen LogP contribution in [0.25, 0.3) is 0 Å². The van der Waals surface area contributed by atoms with Gasteiger partial charge in [0.25, 0.3) is 0 Å². The third-order valence-corrected chi connectivity index (χ3v) is 4.55. The first-order valence-electron chi connectivity index (χ1n) is 7.81. The number of benzene rings is 1. The molecule has 1 rings (SSSR count). The van der Waals surface area contributed by atoms with E-state index in [0.717, 1.165) is 4.90 Å². The summed E-state index contributed by atoms with van der Waals surface area (Å²) in [6.45, 7) is 8.28. The molecule has 0 saturated carbocycles. The molecule has 0 aliphatic rings. The normalized spacial score (nSPS) is 14.0. The molecule has 1 aromatic carbocycles. The van der Waals surface area contributed by atoms with Gasteiger partial charge in [0.2, 0.25) is 5.91 Å². The number of ether oxygens (including phenoxy) is 1. The molecule has 0 spiro atoms. The average Bonchev–Trinajstić information content (AvgIpc) is 2.43. The zero-order valence-corrected chi connectivity index (χ0v) is 15.8. The molecule has 1 amide bonds. The van der Waals surface area contributed by atoms with Gasteiger partial charge in [-0.15, -0.1) is 11.8 Å². The minimum Gasteiger partial charge on any atom is -0.481 e. The average molecular weight is 353 g/mol. The van der Waals surface area contributed by atoms with Crippen molar-refractivity contribution in [2.45, 2.75) is 50.0 Å². The van der Waals surface area contributed by atoms with Crippen molar-refractivity contribution in [1.29, 1.82) is 0 Å². The van der Waals surface area contributed by atoms with Gasteiger partial charge in [0.15, 0.2) is 0 Å². The van der Waals surface area contributed by atoms with Crippen molar-refractivity contribution in [2.24, 2.45) is 0 Å². The summed E-state index contributed by atoms with van der Waals surface area (Å²) in [5.41, 5.74) is 0.429. The van der Waals surface area contributed by atoms with Gasteiger partial charge in [0.1, 0.15) is 0 Å². The number of carboxylic acid groups (broad SMARTS) is 1. The second-order valence-electron chi connectivity index (χ2n) is 7.18. The zero-order valence-electron chi connectivity index (χ0n) is 15.0. The lowest BCUT2D eigenvalue weighted by Crippen LogP contribution is -2.51. The molecular weight excluding hydrogens is 326 g/mol. The van der Waals surface area contributed by atoms with Crippen molar-refractivity contribution in [3.05, 3.63) is 29.8 Å². The quantitative estimate of drug-likeness (QED) is 0.703. The Morgan fingerprint density at radius 2 is 1.75 bits per heavy atom. The topological polar surface area (TPSA) is 75.6 Å². The maximum atomic E-state index is 12.1. The number of carbonyl (C=O) groups excluding carboxylic acids is 1. The van der Waals surface area contributed by atoms with Crippen LogP contribution in [-0.4, -0.2) is 42.0 Å². The Hall–Kier alpha value is -1.53. The molecule has 1 atom stereocenters. The number of rotatable bonds is 8. The van der Waals surface area contributed by atoms with Crippen LogP contribution in [0, 0.1) is 0 Å². The van der Waals surface area contributed by atoms with E-state index >= 15 is 0 Å². The summed E-state index contributed by atoms with van der Waals surface area (Å²) in [6.07, 6.45) is -0.183. The van der Waals surface area contributed by atoms with Crippen LogP contribution in [0.3, 0.4) is 0 Å². The summed E-state index contributed by atoms with van der Waals surface area (Å²) >= 11 is 1.43. The lowest BCUT2D eigenvalue weighted by atomic mass is 9.87. The molecule has 0 bridgehead atoms. The van der Waals surface area contributed by atoms with E-state index in [4.69, 9.17) is 9.84 Å². The smallest absolute Gasteiger partial charge is 0.305 e. The predicted octanol–water partition coefficient (Wildman–Crippen LogP) is 3.07. The molecule has 0 radical (unpaired) electrons. The first-order chi connectivity index (χ1) is 11.1. The number of thioether (sulfide) groups is 1. The minimum atomic E-state index is -0.972. The van der Waals surface area contributed by atoms with Crippen LogP contribution in [-0.2, 0) is 19.7 Å². The van der Waals surface area contributed by atoms with Gasteiger partial charge < -0.3 is 15.2 Å². The monoisotopic (exact) mass is 353 g/mol. The lowest BCUT2D eigenvalue weighted by Gasteiger charge is -2.28. The Bertz CT molecular complexity index is 565. The summed E-state index contributed by atoms with van der Waals surface area (Å²) in [5.74, 6) is -0.950. The van der Waals surface area contributed by atoms with Gasteiger partial charge in [-0.2, -0.15) is 0 Å². The largest absolute Gasteiger partial charge is 0.481 e. The number of methoxy groups -OCH3 is 1. The van der Waals surface area contributed by atoms with Gasteiger partial charge in [0.05, 0.1) is 24.3 Å². The van der Waals surface area contributed by atoms with Crippen molar-refractivity contribution in [3.8, 4) is 0 Å². The van der Waals surface area contributed by atoms with Crippen molar-refractivity contribution >= 4 is 23.6 Å². The number of aliphatic carboxylic acids is 1. The first-order valence-corrected chi connectivity index (χ1v) is 8.79. The molecule has 24 heavy (non-hydrogen) atoms. The third kappa shape index (κ3) is 6.93. The molecule has 0 heterocycles. The van der Waals surface area contributed by atoms with E-state index in [1.165, 1.54) is 24.4 Å². The maximum absolute atomic E-state index is 12.1. The summed E-state index contributed by atoms with van der Waals surface area (Å²) in [5, 5.41) is 11.7. The summed E-state index contributed by atoms with van der Waals surface area (Å²) < 4.78 is 5.03. The molecule has 2 N–H and O–H groups in total. The Morgan fingerprint density at radius 3 is 2.21 bits per heavy atom. The van der Waals surface area contributed by atoms with E-state index < -0.39 is 11.5 Å². The molecule has 6 heteroatoms. The van der Waals surface area contributed by atoms with Gasteiger partial charge in [-0.05, 0) is 30.0 Å². The van der Waals surface area contributed by atoms with E-state index in [0.29, 0.717) is 0 Å². The van der Waals surface area contributed by atoms with Gasteiger partial charge in [-0.3, -0.25) is 9.59 Å². The van der Waals surface area contributed by atoms with Crippen LogP contribution in [0.5, 0.6) is 0 Å². The standard InChI is InChI=1S/C18H27NO4S/c1-17(2,3)13-6-8-14(9-7-13)24-11-15(20)19-18(4,12-23-5)10-16(21)22/h6-9H,10-12H2,1-5H3,(H,19,20)(H,21,22). The van der Waals surface area contributed by atoms with E-state index in [9.17, 15) is 9.59 Å². The molecule has 0 fully saturated rings. The number of hydrogen-bond acceptors (Lipinski definition) is 4. The third-order valence-electron chi connectivity index (χ3n) is 3.54. The molecule has 134 valence electrons. The fourth-order valence-electron chi connectivity index (χ4n) is 2.36. The number of amides is 1. The molecule has 1 unspecified atom stereocenters. The van der Waals surface area contributed by atoms with Crippen LogP contribution in [0.1, 0.15) is 39.7 Å². The highest BCUT2D eigenvalue weighted by Crippen LogP contribution is 2.25. The maximum Gasteiger partial charge on any atom is 0.305 e. The van der Waals surface area contributed by atoms with Crippen molar-refractivity contribution in [1.82, 2.24) is 5.32 Å². The van der Waals surface area contributed by atoms with Crippen LogP contribution >= 0.6 is 11.8 Å². The van der Waals surface area contributed by atoms with Crippen LogP contribution in [0.2, 0.25) is 0 Å². The highest BCUT2D eigenvalue weighted by atomic mass is 32.2. The zero-order chi connectivity index (χ0) is 18.4. The number of carbonyl (C=O) groups is 2. The number of hydrogen-bond donors (Lipinski definition) is 2. The van der Waals surface area contributed by atoms with Crippen molar-refractivity contribution < 1.29 is 19.4 Å². The highest BCUT2D eigenvalue weighted by Gasteiger charge is 2.29. The fourth-order valence-corrected chi connectivity index (χ4v) is 3.05. The van der Waals surface area contributed by atoms with E-state index in [2.05, 4.69) is 38.2 Å². The Kier molecular flexibility index (Phi) is 7.29. The second kappa shape index (κ2) is 8.53. The number of carboxylic acids is 1. The van der Waals surface area contributed by atoms with E-state index in [1.807, 2.05) is 12.1 Å². The molecule has 0 aliphatic carbocycles. The predicted molar refractivity (Wildman–Crippen MR) is 96.5 cm³/mol. The lowest BCUT2D eigenvalue weighted by molar-refractivity contribution is -0.139. The van der Waals surface area contributed by atoms with E-state index in [1.54, 1.807) is 6.92 Å². The molecule has 0 saturated heterocycles. The van der Waals surface area contributed by atoms with Gasteiger partial charge in [-0.25, -0.2) is 0 Å². The molecular formula is C18H27NO4S. The van der Waals surface area contributed by atoms with Gasteiger partial charge in [0, 0.05) is 12.0 Å². The fraction of sp³-hybridized carbons (Fsp3) is 0.556. The summed E-state index contributed by atoms with van der Waals surface area (Å²) in [6, 6.07) is 8.15. The first kappa shape index (κ1) is 20.5. The van der Waals surface area contributed by atoms with Gasteiger partial charge in [-0.1, -0.05) is 32.9 Å². The van der Waals surface area contributed by atoms with Crippen molar-refractivity contribution in [3.63, 3.8) is 0 Å². The molecule has 0 aliphatic heterocycles. The molecule has 5 nitrogen and oxygen atoms in total. The van der Waals surface area contributed by atoms with Crippen LogP contribution in [0.4, 0.5) is 0 Å². The molecule has 1 aromatic rings. The number of nitrogens with one attached hydrogen (secondary N) is 1. The second-order valence-corrected chi connectivity index (χ2v) is 8.22. The van der Waals surface area contributed by atoms with Crippen molar-refractivity contribution in [2.75, 3.05) is 19.5 Å². The Labute approximate surface area is 148 Å². The summed E-state index contributed by atoms with van der Waals surface area (Å²) in [4.78, 5) is 24.1. The Balaban J connectivity index is 2.60. The van der Waals surface area contributed by atoms with Crippen LogP contribution in [0.15, 0.2) is 29.2 Å². The highest BCUT2D eigenvalue weighted by molar-refractivity contribution is 8.00. The van der Waals surface area contributed by atoms with Crippen LogP contribution < -0.4 is 5.32 Å². The minimum absolute atomic E-state index is 0.0966.